The van der Waals surface area contributed by atoms with E-state index in [1.54, 1.807) is 11.8 Å². The van der Waals surface area contributed by atoms with Gasteiger partial charge in [0.1, 0.15) is 18.3 Å². The van der Waals surface area contributed by atoms with E-state index >= 15 is 0 Å². The molecule has 5 atom stereocenters. The number of hydrogen-bond donors (Lipinski definition) is 3. The van der Waals surface area contributed by atoms with Gasteiger partial charge in [0, 0.05) is 26.0 Å². The highest BCUT2D eigenvalue weighted by atomic mass is 32.2. The van der Waals surface area contributed by atoms with Crippen LogP contribution in [0.15, 0.2) is 0 Å². The summed E-state index contributed by atoms with van der Waals surface area (Å²) in [6, 6.07) is 0. The fourth-order valence-corrected chi connectivity index (χ4v) is 2.87. The predicted molar refractivity (Wildman–Crippen MR) is 78.7 cm³/mol. The molecule has 20 heavy (non-hydrogen) atoms. The van der Waals surface area contributed by atoms with Crippen molar-refractivity contribution in [3.63, 3.8) is 0 Å². The quantitative estimate of drug-likeness (QED) is 0.514. The van der Waals surface area contributed by atoms with Crippen LogP contribution in [-0.4, -0.2) is 72.7 Å². The number of rotatable bonds is 9. The number of nitrogens with two attached hydrogens (primary N) is 1. The van der Waals surface area contributed by atoms with Crippen LogP contribution in [0.3, 0.4) is 0 Å². The Morgan fingerprint density at radius 2 is 2.00 bits per heavy atom. The summed E-state index contributed by atoms with van der Waals surface area (Å²) in [5.74, 6) is 1.89. The number of aliphatic hydroxyl groups excluding tert-OH is 2. The second-order valence-electron chi connectivity index (χ2n) is 4.76. The number of thioether (sulfide) groups is 1. The van der Waals surface area contributed by atoms with Crippen molar-refractivity contribution in [3.05, 3.63) is 0 Å². The summed E-state index contributed by atoms with van der Waals surface area (Å²) in [5, 5.41) is 20.1. The first-order chi connectivity index (χ1) is 9.65. The highest BCUT2D eigenvalue weighted by Crippen LogP contribution is 2.25. The van der Waals surface area contributed by atoms with Gasteiger partial charge in [-0.05, 0) is 18.6 Å². The van der Waals surface area contributed by atoms with Gasteiger partial charge in [-0.2, -0.15) is 11.8 Å². The van der Waals surface area contributed by atoms with E-state index in [2.05, 4.69) is 0 Å². The SMILES string of the molecule is CCC1O[C@@H](OC)C(OCCCSCCN)C(O)[C@@H]1O. The van der Waals surface area contributed by atoms with E-state index < -0.39 is 30.7 Å². The van der Waals surface area contributed by atoms with Crippen LogP contribution in [0.25, 0.3) is 0 Å². The summed E-state index contributed by atoms with van der Waals surface area (Å²) in [4.78, 5) is 0. The Balaban J connectivity index is 2.37. The van der Waals surface area contributed by atoms with E-state index in [0.717, 1.165) is 17.9 Å². The smallest absolute Gasteiger partial charge is 0.186 e. The summed E-state index contributed by atoms with van der Waals surface area (Å²) >= 11 is 1.77. The minimum absolute atomic E-state index is 0.421. The summed E-state index contributed by atoms with van der Waals surface area (Å²) in [7, 11) is 1.51. The van der Waals surface area contributed by atoms with Crippen LogP contribution in [0.5, 0.6) is 0 Å². The number of ether oxygens (including phenoxy) is 3. The Kier molecular flexibility index (Phi) is 9.03. The van der Waals surface area contributed by atoms with Crippen LogP contribution in [0.1, 0.15) is 19.8 Å². The molecule has 120 valence electrons. The highest BCUT2D eigenvalue weighted by Gasteiger charge is 2.44. The first-order valence-corrected chi connectivity index (χ1v) is 8.25. The van der Waals surface area contributed by atoms with Crippen molar-refractivity contribution in [1.29, 1.82) is 0 Å². The van der Waals surface area contributed by atoms with Gasteiger partial charge in [-0.25, -0.2) is 0 Å². The minimum atomic E-state index is -0.990. The van der Waals surface area contributed by atoms with E-state index in [0.29, 0.717) is 19.6 Å². The lowest BCUT2D eigenvalue weighted by molar-refractivity contribution is -0.299. The highest BCUT2D eigenvalue weighted by molar-refractivity contribution is 7.99. The third kappa shape index (κ3) is 5.14. The molecule has 0 aromatic heterocycles. The van der Waals surface area contributed by atoms with E-state index in [9.17, 15) is 10.2 Å². The molecular formula is C13H27NO5S. The third-order valence-corrected chi connectivity index (χ3v) is 4.39. The maximum absolute atomic E-state index is 10.1. The molecule has 1 aliphatic heterocycles. The molecule has 6 nitrogen and oxygen atoms in total. The average Bonchev–Trinajstić information content (AvgIpc) is 2.47. The Bertz CT molecular complexity index is 257. The van der Waals surface area contributed by atoms with Gasteiger partial charge in [0.25, 0.3) is 0 Å². The van der Waals surface area contributed by atoms with Crippen molar-refractivity contribution in [2.75, 3.05) is 31.8 Å². The molecule has 4 N–H and O–H groups in total. The maximum atomic E-state index is 10.1. The lowest BCUT2D eigenvalue weighted by Crippen LogP contribution is -2.58. The van der Waals surface area contributed by atoms with Crippen LogP contribution >= 0.6 is 11.8 Å². The molecule has 0 radical (unpaired) electrons. The molecule has 0 amide bonds. The molecule has 0 aromatic carbocycles. The third-order valence-electron chi connectivity index (χ3n) is 3.28. The summed E-state index contributed by atoms with van der Waals surface area (Å²) in [5.41, 5.74) is 5.41. The normalized spacial score (nSPS) is 34.4. The molecule has 1 aliphatic rings. The lowest BCUT2D eigenvalue weighted by atomic mass is 9.97. The van der Waals surface area contributed by atoms with Crippen molar-refractivity contribution in [3.8, 4) is 0 Å². The van der Waals surface area contributed by atoms with E-state index in [-0.39, 0.29) is 0 Å². The van der Waals surface area contributed by atoms with Crippen molar-refractivity contribution >= 4 is 11.8 Å². The zero-order chi connectivity index (χ0) is 15.0. The molecule has 1 fully saturated rings. The van der Waals surface area contributed by atoms with Crippen LogP contribution in [0, 0.1) is 0 Å². The lowest BCUT2D eigenvalue weighted by Gasteiger charge is -2.41. The molecule has 0 saturated carbocycles. The second kappa shape index (κ2) is 9.94. The Hall–Kier alpha value is 0.110. The molecule has 0 aromatic rings. The molecule has 1 heterocycles. The zero-order valence-electron chi connectivity index (χ0n) is 12.2. The van der Waals surface area contributed by atoms with Crippen LogP contribution in [0.2, 0.25) is 0 Å². The van der Waals surface area contributed by atoms with Gasteiger partial charge in [-0.3, -0.25) is 0 Å². The van der Waals surface area contributed by atoms with Gasteiger partial charge in [0.2, 0.25) is 0 Å². The van der Waals surface area contributed by atoms with Crippen molar-refractivity contribution in [2.45, 2.75) is 50.5 Å². The molecule has 7 heteroatoms. The second-order valence-corrected chi connectivity index (χ2v) is 5.98. The largest absolute Gasteiger partial charge is 0.388 e. The predicted octanol–water partition coefficient (Wildman–Crippen LogP) is -0.0433. The Morgan fingerprint density at radius 3 is 2.60 bits per heavy atom. The van der Waals surface area contributed by atoms with Gasteiger partial charge in [0.05, 0.1) is 6.10 Å². The molecule has 1 saturated heterocycles. The average molecular weight is 309 g/mol. The van der Waals surface area contributed by atoms with Gasteiger partial charge in [0.15, 0.2) is 6.29 Å². The molecular weight excluding hydrogens is 282 g/mol. The van der Waals surface area contributed by atoms with Gasteiger partial charge in [-0.1, -0.05) is 6.92 Å². The maximum Gasteiger partial charge on any atom is 0.186 e. The van der Waals surface area contributed by atoms with Crippen molar-refractivity contribution in [2.24, 2.45) is 5.73 Å². The first-order valence-electron chi connectivity index (χ1n) is 7.09. The molecule has 0 bridgehead atoms. The molecule has 0 spiro atoms. The number of methoxy groups -OCH3 is 1. The van der Waals surface area contributed by atoms with E-state index in [1.165, 1.54) is 7.11 Å². The standard InChI is InChI=1S/C13H27NO5S/c1-3-9-10(15)11(16)12(13(17-2)19-9)18-6-4-7-20-8-5-14/h9-13,15-16H,3-8,14H2,1-2H3/t9?,10-,11?,12?,13-/m1/s1. The van der Waals surface area contributed by atoms with Gasteiger partial charge < -0.3 is 30.2 Å². The molecule has 0 aliphatic carbocycles. The van der Waals surface area contributed by atoms with Crippen LogP contribution in [0.4, 0.5) is 0 Å². The Labute approximate surface area is 125 Å². The molecule has 3 unspecified atom stereocenters. The van der Waals surface area contributed by atoms with Crippen LogP contribution in [-0.2, 0) is 14.2 Å². The monoisotopic (exact) mass is 309 g/mol. The zero-order valence-corrected chi connectivity index (χ0v) is 13.1. The fourth-order valence-electron chi connectivity index (χ4n) is 2.18. The number of aliphatic hydroxyl groups is 2. The summed E-state index contributed by atoms with van der Waals surface area (Å²) in [6.07, 6.45) is -2.18. The molecule has 1 rings (SSSR count). The summed E-state index contributed by atoms with van der Waals surface area (Å²) in [6.45, 7) is 3.06. The van der Waals surface area contributed by atoms with Gasteiger partial charge in [-0.15, -0.1) is 0 Å². The summed E-state index contributed by atoms with van der Waals surface area (Å²) < 4.78 is 16.4. The van der Waals surface area contributed by atoms with E-state index in [4.69, 9.17) is 19.9 Å². The van der Waals surface area contributed by atoms with Crippen molar-refractivity contribution in [1.82, 2.24) is 0 Å². The topological polar surface area (TPSA) is 94.2 Å². The van der Waals surface area contributed by atoms with Crippen LogP contribution < -0.4 is 5.73 Å². The van der Waals surface area contributed by atoms with Crippen molar-refractivity contribution < 1.29 is 24.4 Å². The Morgan fingerprint density at radius 1 is 1.25 bits per heavy atom. The van der Waals surface area contributed by atoms with E-state index in [1.807, 2.05) is 6.92 Å². The number of hydrogen-bond acceptors (Lipinski definition) is 7. The first kappa shape index (κ1) is 18.2. The minimum Gasteiger partial charge on any atom is -0.388 e. The van der Waals surface area contributed by atoms with Gasteiger partial charge >= 0.3 is 0 Å². The fraction of sp³-hybridized carbons (Fsp3) is 1.00.